The van der Waals surface area contributed by atoms with Gasteiger partial charge in [0.05, 0.1) is 11.9 Å². The molecule has 0 atom stereocenters. The van der Waals surface area contributed by atoms with Gasteiger partial charge in [0.25, 0.3) is 0 Å². The first kappa shape index (κ1) is 11.0. The number of benzene rings is 1. The lowest BCUT2D eigenvalue weighted by Crippen LogP contribution is -1.96. The van der Waals surface area contributed by atoms with Crippen LogP contribution in [-0.4, -0.2) is 24.5 Å². The molecule has 3 aromatic rings. The molecule has 0 fully saturated rings. The Bertz CT molecular complexity index is 671. The van der Waals surface area contributed by atoms with Crippen molar-refractivity contribution in [1.29, 1.82) is 0 Å². The maximum atomic E-state index is 6.09. The summed E-state index contributed by atoms with van der Waals surface area (Å²) < 4.78 is 3.48. The van der Waals surface area contributed by atoms with E-state index in [0.29, 0.717) is 11.1 Å². The van der Waals surface area contributed by atoms with Gasteiger partial charge in [-0.05, 0) is 11.6 Å². The standard InChI is InChI=1S/C12H10ClN5/c1-17-8-10(7-14-17)18-11(15-16-12(18)13)9-5-3-2-4-6-9/h2-8H,1H3. The van der Waals surface area contributed by atoms with E-state index in [1.807, 2.05) is 43.6 Å². The Morgan fingerprint density at radius 2 is 1.89 bits per heavy atom. The van der Waals surface area contributed by atoms with E-state index in [1.54, 1.807) is 15.4 Å². The van der Waals surface area contributed by atoms with Crippen molar-refractivity contribution in [3.8, 4) is 17.1 Å². The number of rotatable bonds is 2. The van der Waals surface area contributed by atoms with Crippen molar-refractivity contribution in [2.75, 3.05) is 0 Å². The number of halogens is 1. The highest BCUT2D eigenvalue weighted by Gasteiger charge is 2.14. The Morgan fingerprint density at radius 3 is 2.56 bits per heavy atom. The Hall–Kier alpha value is -2.14. The second kappa shape index (κ2) is 4.27. The van der Waals surface area contributed by atoms with Crippen molar-refractivity contribution < 1.29 is 0 Å². The van der Waals surface area contributed by atoms with Crippen molar-refractivity contribution in [1.82, 2.24) is 24.5 Å². The highest BCUT2D eigenvalue weighted by molar-refractivity contribution is 6.28. The van der Waals surface area contributed by atoms with Crippen molar-refractivity contribution in [3.63, 3.8) is 0 Å². The Kier molecular flexibility index (Phi) is 2.60. The third-order valence-electron chi connectivity index (χ3n) is 2.60. The van der Waals surface area contributed by atoms with Crippen LogP contribution in [0.1, 0.15) is 0 Å². The summed E-state index contributed by atoms with van der Waals surface area (Å²) in [5.74, 6) is 0.702. The zero-order valence-corrected chi connectivity index (χ0v) is 10.4. The minimum atomic E-state index is 0.321. The number of hydrogen-bond acceptors (Lipinski definition) is 3. The van der Waals surface area contributed by atoms with Gasteiger partial charge in [-0.3, -0.25) is 9.25 Å². The molecule has 1 aromatic carbocycles. The molecule has 0 bridgehead atoms. The van der Waals surface area contributed by atoms with E-state index in [2.05, 4.69) is 15.3 Å². The van der Waals surface area contributed by atoms with Crippen molar-refractivity contribution in [2.24, 2.45) is 7.05 Å². The summed E-state index contributed by atoms with van der Waals surface area (Å²) in [5.41, 5.74) is 1.80. The van der Waals surface area contributed by atoms with E-state index in [9.17, 15) is 0 Å². The van der Waals surface area contributed by atoms with E-state index in [-0.39, 0.29) is 0 Å². The van der Waals surface area contributed by atoms with Crippen molar-refractivity contribution >= 4 is 11.6 Å². The molecule has 0 N–H and O–H groups in total. The van der Waals surface area contributed by atoms with Crippen LogP contribution in [-0.2, 0) is 7.05 Å². The molecule has 0 radical (unpaired) electrons. The molecule has 18 heavy (non-hydrogen) atoms. The highest BCUT2D eigenvalue weighted by Crippen LogP contribution is 2.24. The molecule has 0 spiro atoms. The number of aromatic nitrogens is 5. The average molecular weight is 260 g/mol. The first-order valence-electron chi connectivity index (χ1n) is 5.41. The van der Waals surface area contributed by atoms with Gasteiger partial charge in [0.1, 0.15) is 0 Å². The van der Waals surface area contributed by atoms with Crippen LogP contribution < -0.4 is 0 Å². The topological polar surface area (TPSA) is 48.5 Å². The smallest absolute Gasteiger partial charge is 0.230 e. The van der Waals surface area contributed by atoms with Gasteiger partial charge in [-0.15, -0.1) is 10.2 Å². The van der Waals surface area contributed by atoms with Gasteiger partial charge in [0, 0.05) is 18.8 Å². The maximum absolute atomic E-state index is 6.09. The minimum Gasteiger partial charge on any atom is -0.274 e. The van der Waals surface area contributed by atoms with Crippen LogP contribution in [0.15, 0.2) is 42.7 Å². The fraction of sp³-hybridized carbons (Fsp3) is 0.0833. The van der Waals surface area contributed by atoms with Crippen LogP contribution in [0.4, 0.5) is 0 Å². The molecule has 0 saturated carbocycles. The van der Waals surface area contributed by atoms with Crippen LogP contribution in [0, 0.1) is 0 Å². The first-order chi connectivity index (χ1) is 8.75. The second-order valence-corrected chi connectivity index (χ2v) is 4.20. The molecule has 0 aliphatic heterocycles. The van der Waals surface area contributed by atoms with Crippen LogP contribution in [0.5, 0.6) is 0 Å². The minimum absolute atomic E-state index is 0.321. The zero-order chi connectivity index (χ0) is 12.5. The number of nitrogens with zero attached hydrogens (tertiary/aromatic N) is 5. The molecule has 0 amide bonds. The zero-order valence-electron chi connectivity index (χ0n) is 9.66. The van der Waals surface area contributed by atoms with E-state index in [4.69, 9.17) is 11.6 Å². The van der Waals surface area contributed by atoms with Gasteiger partial charge in [0.2, 0.25) is 5.28 Å². The lowest BCUT2D eigenvalue weighted by Gasteiger charge is -2.04. The SMILES string of the molecule is Cn1cc(-n2c(Cl)nnc2-c2ccccc2)cn1. The number of hydrogen-bond donors (Lipinski definition) is 0. The van der Waals surface area contributed by atoms with Crippen LogP contribution >= 0.6 is 11.6 Å². The molecule has 0 saturated heterocycles. The number of aryl methyl sites for hydroxylation is 1. The lowest BCUT2D eigenvalue weighted by atomic mass is 10.2. The van der Waals surface area contributed by atoms with Crippen LogP contribution in [0.2, 0.25) is 5.28 Å². The fourth-order valence-corrected chi connectivity index (χ4v) is 2.01. The summed E-state index contributed by atoms with van der Waals surface area (Å²) in [7, 11) is 1.85. The molecule has 0 aliphatic rings. The van der Waals surface area contributed by atoms with Gasteiger partial charge in [0.15, 0.2) is 5.82 Å². The fourth-order valence-electron chi connectivity index (χ4n) is 1.79. The Morgan fingerprint density at radius 1 is 1.11 bits per heavy atom. The highest BCUT2D eigenvalue weighted by atomic mass is 35.5. The van der Waals surface area contributed by atoms with Gasteiger partial charge < -0.3 is 0 Å². The third-order valence-corrected chi connectivity index (χ3v) is 2.85. The average Bonchev–Trinajstić information content (AvgIpc) is 2.96. The van der Waals surface area contributed by atoms with E-state index in [1.165, 1.54) is 0 Å². The summed E-state index contributed by atoms with van der Waals surface area (Å²) >= 11 is 6.09. The molecular weight excluding hydrogens is 250 g/mol. The monoisotopic (exact) mass is 259 g/mol. The predicted molar refractivity (Wildman–Crippen MR) is 68.6 cm³/mol. The predicted octanol–water partition coefficient (Wildman–Crippen LogP) is 2.32. The quantitative estimate of drug-likeness (QED) is 0.710. The molecule has 6 heteroatoms. The Balaban J connectivity index is 2.18. The summed E-state index contributed by atoms with van der Waals surface area (Å²) in [5, 5.41) is 12.5. The summed E-state index contributed by atoms with van der Waals surface area (Å²) in [6.07, 6.45) is 3.59. The van der Waals surface area contributed by atoms with Crippen molar-refractivity contribution in [3.05, 3.63) is 48.0 Å². The summed E-state index contributed by atoms with van der Waals surface area (Å²) in [4.78, 5) is 0. The molecule has 90 valence electrons. The Labute approximate surface area is 109 Å². The molecule has 0 aliphatic carbocycles. The maximum Gasteiger partial charge on any atom is 0.230 e. The molecule has 0 unspecified atom stereocenters. The third kappa shape index (κ3) is 1.78. The first-order valence-corrected chi connectivity index (χ1v) is 5.79. The molecule has 3 rings (SSSR count). The lowest BCUT2D eigenvalue weighted by molar-refractivity contribution is 0.767. The molecule has 5 nitrogen and oxygen atoms in total. The van der Waals surface area contributed by atoms with E-state index >= 15 is 0 Å². The normalized spacial score (nSPS) is 10.8. The van der Waals surface area contributed by atoms with Crippen LogP contribution in [0.3, 0.4) is 0 Å². The summed E-state index contributed by atoms with van der Waals surface area (Å²) in [6.45, 7) is 0. The second-order valence-electron chi connectivity index (χ2n) is 3.87. The van der Waals surface area contributed by atoms with Crippen molar-refractivity contribution in [2.45, 2.75) is 0 Å². The van der Waals surface area contributed by atoms with Crippen LogP contribution in [0.25, 0.3) is 17.1 Å². The summed E-state index contributed by atoms with van der Waals surface area (Å²) in [6, 6.07) is 9.79. The van der Waals surface area contributed by atoms with Gasteiger partial charge >= 0.3 is 0 Å². The molecule has 2 aromatic heterocycles. The molecular formula is C12H10ClN5. The van der Waals surface area contributed by atoms with E-state index < -0.39 is 0 Å². The van der Waals surface area contributed by atoms with Gasteiger partial charge in [-0.2, -0.15) is 5.10 Å². The van der Waals surface area contributed by atoms with Gasteiger partial charge in [-0.25, -0.2) is 0 Å². The van der Waals surface area contributed by atoms with Gasteiger partial charge in [-0.1, -0.05) is 30.3 Å². The molecule has 2 heterocycles. The largest absolute Gasteiger partial charge is 0.274 e. The van der Waals surface area contributed by atoms with E-state index in [0.717, 1.165) is 11.3 Å².